The van der Waals surface area contributed by atoms with Crippen LogP contribution in [0.4, 0.5) is 4.39 Å². The van der Waals surface area contributed by atoms with Crippen molar-refractivity contribution in [3.63, 3.8) is 0 Å². The summed E-state index contributed by atoms with van der Waals surface area (Å²) >= 11 is 0. The molecular weight excluding hydrogens is 269 g/mol. The maximum absolute atomic E-state index is 13.4. The van der Waals surface area contributed by atoms with Gasteiger partial charge in [0, 0.05) is 18.6 Å². The van der Waals surface area contributed by atoms with E-state index in [9.17, 15) is 9.18 Å². The lowest BCUT2D eigenvalue weighted by Gasteiger charge is -2.25. The van der Waals surface area contributed by atoms with Crippen molar-refractivity contribution in [3.8, 4) is 0 Å². The largest absolute Gasteiger partial charge is 0.346 e. The van der Waals surface area contributed by atoms with Crippen molar-refractivity contribution in [3.05, 3.63) is 59.4 Å². The summed E-state index contributed by atoms with van der Waals surface area (Å²) in [4.78, 5) is 20.1. The van der Waals surface area contributed by atoms with E-state index in [4.69, 9.17) is 0 Å². The Bertz CT molecular complexity index is 655. The molecule has 1 fully saturated rings. The number of hydrogen-bond donors (Lipinski definition) is 1. The second-order valence-corrected chi connectivity index (χ2v) is 5.25. The first-order chi connectivity index (χ1) is 10.2. The van der Waals surface area contributed by atoms with E-state index in [0.29, 0.717) is 11.5 Å². The van der Waals surface area contributed by atoms with Crippen molar-refractivity contribution in [2.45, 2.75) is 31.7 Å². The lowest BCUT2D eigenvalue weighted by molar-refractivity contribution is 0.0949. The first kappa shape index (κ1) is 13.7. The number of nitrogens with zero attached hydrogens (tertiary/aromatic N) is 2. The third-order valence-electron chi connectivity index (χ3n) is 3.85. The standard InChI is InChI=1S/C16H16FN3O/c17-14-5-2-6-19-15(14)10-20-16(21)13-7-12(8-18-9-13)11-3-1-4-11/h2,5-9,11H,1,3-4,10H2,(H,20,21). The number of nitrogens with one attached hydrogen (secondary N) is 1. The SMILES string of the molecule is O=C(NCc1ncccc1F)c1cncc(C2CCC2)c1. The van der Waals surface area contributed by atoms with Gasteiger partial charge < -0.3 is 5.32 Å². The molecule has 4 nitrogen and oxygen atoms in total. The number of rotatable bonds is 4. The van der Waals surface area contributed by atoms with E-state index in [1.807, 2.05) is 12.3 Å². The van der Waals surface area contributed by atoms with E-state index in [0.717, 1.165) is 18.4 Å². The van der Waals surface area contributed by atoms with Crippen molar-refractivity contribution in [1.82, 2.24) is 15.3 Å². The van der Waals surface area contributed by atoms with Gasteiger partial charge in [-0.25, -0.2) is 4.39 Å². The first-order valence-corrected chi connectivity index (χ1v) is 7.06. The van der Waals surface area contributed by atoms with Gasteiger partial charge in [0.2, 0.25) is 0 Å². The molecule has 21 heavy (non-hydrogen) atoms. The lowest BCUT2D eigenvalue weighted by atomic mass is 9.80. The Hall–Kier alpha value is -2.30. The Balaban J connectivity index is 1.66. The molecule has 3 rings (SSSR count). The van der Waals surface area contributed by atoms with Crippen LogP contribution in [-0.2, 0) is 6.54 Å². The molecule has 0 saturated heterocycles. The molecular formula is C16H16FN3O. The van der Waals surface area contributed by atoms with Gasteiger partial charge in [0.1, 0.15) is 5.82 Å². The topological polar surface area (TPSA) is 54.9 Å². The molecule has 2 aromatic heterocycles. The van der Waals surface area contributed by atoms with Crippen LogP contribution < -0.4 is 5.32 Å². The lowest BCUT2D eigenvalue weighted by Crippen LogP contribution is -2.24. The van der Waals surface area contributed by atoms with Crippen molar-refractivity contribution < 1.29 is 9.18 Å². The fourth-order valence-corrected chi connectivity index (χ4v) is 2.36. The average molecular weight is 285 g/mol. The van der Waals surface area contributed by atoms with Crippen molar-refractivity contribution >= 4 is 5.91 Å². The molecule has 0 spiro atoms. The molecule has 5 heteroatoms. The van der Waals surface area contributed by atoms with Crippen LogP contribution in [0.25, 0.3) is 0 Å². The van der Waals surface area contributed by atoms with Gasteiger partial charge in [0.25, 0.3) is 5.91 Å². The molecule has 1 N–H and O–H groups in total. The molecule has 0 atom stereocenters. The summed E-state index contributed by atoms with van der Waals surface area (Å²) in [6.45, 7) is 0.0686. The van der Waals surface area contributed by atoms with Crippen LogP contribution in [0.2, 0.25) is 0 Å². The maximum Gasteiger partial charge on any atom is 0.253 e. The fourth-order valence-electron chi connectivity index (χ4n) is 2.36. The predicted octanol–water partition coefficient (Wildman–Crippen LogP) is 2.81. The zero-order chi connectivity index (χ0) is 14.7. The van der Waals surface area contributed by atoms with Gasteiger partial charge in [-0.05, 0) is 42.5 Å². The molecule has 2 heterocycles. The zero-order valence-electron chi connectivity index (χ0n) is 11.6. The average Bonchev–Trinajstić information content (AvgIpc) is 2.45. The zero-order valence-corrected chi connectivity index (χ0v) is 11.6. The minimum absolute atomic E-state index is 0.0686. The van der Waals surface area contributed by atoms with Crippen LogP contribution in [-0.4, -0.2) is 15.9 Å². The Morgan fingerprint density at radius 3 is 2.95 bits per heavy atom. The van der Waals surface area contributed by atoms with Gasteiger partial charge in [0.05, 0.1) is 17.8 Å². The van der Waals surface area contributed by atoms with E-state index in [1.165, 1.54) is 30.9 Å². The quantitative estimate of drug-likeness (QED) is 0.939. The van der Waals surface area contributed by atoms with Gasteiger partial charge in [0.15, 0.2) is 0 Å². The maximum atomic E-state index is 13.4. The molecule has 0 unspecified atom stereocenters. The van der Waals surface area contributed by atoms with Crippen LogP contribution in [0.1, 0.15) is 46.8 Å². The summed E-state index contributed by atoms with van der Waals surface area (Å²) in [6.07, 6.45) is 8.41. The van der Waals surface area contributed by atoms with Gasteiger partial charge in [-0.2, -0.15) is 0 Å². The highest BCUT2D eigenvalue weighted by Gasteiger charge is 2.20. The van der Waals surface area contributed by atoms with E-state index < -0.39 is 5.82 Å². The second kappa shape index (κ2) is 5.99. The van der Waals surface area contributed by atoms with Crippen LogP contribution in [0.15, 0.2) is 36.8 Å². The molecule has 1 aliphatic rings. The van der Waals surface area contributed by atoms with Gasteiger partial charge in [-0.3, -0.25) is 14.8 Å². The molecule has 1 saturated carbocycles. The summed E-state index contributed by atoms with van der Waals surface area (Å²) in [7, 11) is 0. The number of amides is 1. The summed E-state index contributed by atoms with van der Waals surface area (Å²) in [5.41, 5.74) is 1.85. The van der Waals surface area contributed by atoms with Crippen LogP contribution >= 0.6 is 0 Å². The number of aromatic nitrogens is 2. The number of carbonyl (C=O) groups is 1. The number of hydrogen-bond acceptors (Lipinski definition) is 3. The molecule has 0 aromatic carbocycles. The number of halogens is 1. The van der Waals surface area contributed by atoms with Gasteiger partial charge in [-0.15, -0.1) is 0 Å². The van der Waals surface area contributed by atoms with Crippen LogP contribution in [0, 0.1) is 5.82 Å². The summed E-state index contributed by atoms with van der Waals surface area (Å²) in [5, 5.41) is 2.68. The molecule has 0 aliphatic heterocycles. The highest BCUT2D eigenvalue weighted by atomic mass is 19.1. The van der Waals surface area contributed by atoms with E-state index >= 15 is 0 Å². The predicted molar refractivity (Wildman–Crippen MR) is 76.2 cm³/mol. The minimum Gasteiger partial charge on any atom is -0.346 e. The van der Waals surface area contributed by atoms with Crippen LogP contribution in [0.5, 0.6) is 0 Å². The summed E-state index contributed by atoms with van der Waals surface area (Å²) in [5.74, 6) is -0.147. The minimum atomic E-state index is -0.417. The van der Waals surface area contributed by atoms with Crippen molar-refractivity contribution in [1.29, 1.82) is 0 Å². The Morgan fingerprint density at radius 2 is 2.24 bits per heavy atom. The molecule has 2 aromatic rings. The Labute approximate surface area is 122 Å². The molecule has 108 valence electrons. The second-order valence-electron chi connectivity index (χ2n) is 5.25. The number of carbonyl (C=O) groups excluding carboxylic acids is 1. The first-order valence-electron chi connectivity index (χ1n) is 7.06. The Morgan fingerprint density at radius 1 is 1.38 bits per heavy atom. The summed E-state index contributed by atoms with van der Waals surface area (Å²) in [6, 6.07) is 4.72. The fraction of sp³-hybridized carbons (Fsp3) is 0.312. The van der Waals surface area contributed by atoms with E-state index in [1.54, 1.807) is 0 Å². The third kappa shape index (κ3) is 3.07. The van der Waals surface area contributed by atoms with Crippen molar-refractivity contribution in [2.24, 2.45) is 0 Å². The van der Waals surface area contributed by atoms with E-state index in [-0.39, 0.29) is 18.1 Å². The van der Waals surface area contributed by atoms with Gasteiger partial charge in [-0.1, -0.05) is 6.42 Å². The monoisotopic (exact) mass is 285 g/mol. The molecule has 0 bridgehead atoms. The van der Waals surface area contributed by atoms with Gasteiger partial charge >= 0.3 is 0 Å². The summed E-state index contributed by atoms with van der Waals surface area (Å²) < 4.78 is 13.4. The molecule has 1 amide bonds. The third-order valence-corrected chi connectivity index (χ3v) is 3.85. The van der Waals surface area contributed by atoms with E-state index in [2.05, 4.69) is 15.3 Å². The smallest absolute Gasteiger partial charge is 0.253 e. The van der Waals surface area contributed by atoms with Crippen molar-refractivity contribution in [2.75, 3.05) is 0 Å². The Kier molecular flexibility index (Phi) is 3.90. The highest BCUT2D eigenvalue weighted by Crippen LogP contribution is 2.36. The molecule has 1 aliphatic carbocycles. The number of pyridine rings is 2. The highest BCUT2D eigenvalue weighted by molar-refractivity contribution is 5.94. The normalized spacial score (nSPS) is 14.5. The van der Waals surface area contributed by atoms with Crippen LogP contribution in [0.3, 0.4) is 0 Å². The molecule has 0 radical (unpaired) electrons.